The van der Waals surface area contributed by atoms with E-state index in [-0.39, 0.29) is 6.04 Å². The number of hydrazine groups is 1. The number of hydrogen-bond donors (Lipinski definition) is 2. The van der Waals surface area contributed by atoms with Gasteiger partial charge < -0.3 is 9.15 Å². The van der Waals surface area contributed by atoms with Crippen LogP contribution in [0.4, 0.5) is 0 Å². The molecule has 2 heterocycles. The van der Waals surface area contributed by atoms with Gasteiger partial charge in [-0.3, -0.25) is 11.3 Å². The summed E-state index contributed by atoms with van der Waals surface area (Å²) in [5.74, 6) is 6.67. The van der Waals surface area contributed by atoms with E-state index in [4.69, 9.17) is 15.0 Å². The van der Waals surface area contributed by atoms with Gasteiger partial charge in [0.2, 0.25) is 0 Å². The van der Waals surface area contributed by atoms with Gasteiger partial charge in [0.1, 0.15) is 5.76 Å². The van der Waals surface area contributed by atoms with Crippen molar-refractivity contribution in [2.45, 2.75) is 51.2 Å². The second-order valence-corrected chi connectivity index (χ2v) is 4.58. The fourth-order valence-electron chi connectivity index (χ4n) is 2.50. The molecule has 0 aliphatic carbocycles. The van der Waals surface area contributed by atoms with Gasteiger partial charge in [-0.2, -0.15) is 0 Å². The van der Waals surface area contributed by atoms with Gasteiger partial charge >= 0.3 is 0 Å². The minimum absolute atomic E-state index is 0.174. The fraction of sp³-hybridized carbons (Fsp3) is 0.692. The summed E-state index contributed by atoms with van der Waals surface area (Å²) in [5.41, 5.74) is 4.08. The van der Waals surface area contributed by atoms with Crippen LogP contribution in [-0.4, -0.2) is 12.7 Å². The molecule has 0 aromatic carbocycles. The minimum atomic E-state index is 0.174. The molecule has 0 spiro atoms. The van der Waals surface area contributed by atoms with Crippen LogP contribution in [0, 0.1) is 0 Å². The van der Waals surface area contributed by atoms with Crippen molar-refractivity contribution in [1.82, 2.24) is 5.43 Å². The third-order valence-electron chi connectivity index (χ3n) is 3.48. The third-order valence-corrected chi connectivity index (χ3v) is 3.48. The number of rotatable bonds is 6. The summed E-state index contributed by atoms with van der Waals surface area (Å²) < 4.78 is 11.1. The van der Waals surface area contributed by atoms with Gasteiger partial charge in [-0.15, -0.1) is 0 Å². The Balaban J connectivity index is 1.91. The molecule has 1 aliphatic rings. The van der Waals surface area contributed by atoms with Gasteiger partial charge in [-0.25, -0.2) is 0 Å². The van der Waals surface area contributed by atoms with Crippen molar-refractivity contribution in [3.63, 3.8) is 0 Å². The van der Waals surface area contributed by atoms with Gasteiger partial charge in [-0.05, 0) is 31.7 Å². The molecular weight excluding hydrogens is 216 g/mol. The highest BCUT2D eigenvalue weighted by atomic mass is 16.5. The lowest BCUT2D eigenvalue weighted by atomic mass is 9.99. The van der Waals surface area contributed by atoms with Gasteiger partial charge in [0.15, 0.2) is 0 Å². The molecule has 4 heteroatoms. The Morgan fingerprint density at radius 1 is 1.59 bits per heavy atom. The molecule has 17 heavy (non-hydrogen) atoms. The van der Waals surface area contributed by atoms with Crippen LogP contribution in [0.25, 0.3) is 0 Å². The Morgan fingerprint density at radius 2 is 2.47 bits per heavy atom. The molecular formula is C13H22N2O2. The number of ether oxygens (including phenoxy) is 1. The van der Waals surface area contributed by atoms with E-state index >= 15 is 0 Å². The summed E-state index contributed by atoms with van der Waals surface area (Å²) in [6, 6.07) is 2.19. The first kappa shape index (κ1) is 12.6. The van der Waals surface area contributed by atoms with Crippen LogP contribution < -0.4 is 11.3 Å². The van der Waals surface area contributed by atoms with E-state index in [0.29, 0.717) is 6.10 Å². The maximum atomic E-state index is 5.64. The maximum Gasteiger partial charge on any atom is 0.108 e. The molecule has 96 valence electrons. The maximum absolute atomic E-state index is 5.64. The summed E-state index contributed by atoms with van der Waals surface area (Å²) >= 11 is 0. The van der Waals surface area contributed by atoms with Crippen LogP contribution in [0.5, 0.6) is 0 Å². The Kier molecular flexibility index (Phi) is 4.59. The van der Waals surface area contributed by atoms with Crippen molar-refractivity contribution in [3.8, 4) is 0 Å². The lowest BCUT2D eigenvalue weighted by Crippen LogP contribution is -2.29. The summed E-state index contributed by atoms with van der Waals surface area (Å²) in [4.78, 5) is 0. The van der Waals surface area contributed by atoms with Crippen molar-refractivity contribution >= 4 is 0 Å². The van der Waals surface area contributed by atoms with Crippen molar-refractivity contribution in [3.05, 3.63) is 23.7 Å². The Morgan fingerprint density at radius 3 is 3.12 bits per heavy atom. The van der Waals surface area contributed by atoms with E-state index in [0.717, 1.165) is 31.6 Å². The summed E-state index contributed by atoms with van der Waals surface area (Å²) in [7, 11) is 0. The number of hydrogen-bond acceptors (Lipinski definition) is 4. The fourth-order valence-corrected chi connectivity index (χ4v) is 2.50. The zero-order valence-electron chi connectivity index (χ0n) is 10.4. The first-order valence-corrected chi connectivity index (χ1v) is 6.49. The highest BCUT2D eigenvalue weighted by Gasteiger charge is 2.20. The average molecular weight is 238 g/mol. The van der Waals surface area contributed by atoms with E-state index in [1.54, 1.807) is 6.26 Å². The van der Waals surface area contributed by atoms with Gasteiger partial charge in [0.25, 0.3) is 0 Å². The van der Waals surface area contributed by atoms with Crippen molar-refractivity contribution in [2.24, 2.45) is 5.84 Å². The normalized spacial score (nSPS) is 21.9. The second kappa shape index (κ2) is 6.19. The topological polar surface area (TPSA) is 60.4 Å². The minimum Gasteiger partial charge on any atom is -0.469 e. The van der Waals surface area contributed by atoms with Crippen LogP contribution in [0.1, 0.15) is 50.0 Å². The molecule has 0 bridgehead atoms. The van der Waals surface area contributed by atoms with Crippen LogP contribution in [0.2, 0.25) is 0 Å². The Hall–Kier alpha value is -0.840. The van der Waals surface area contributed by atoms with E-state index < -0.39 is 0 Å². The van der Waals surface area contributed by atoms with Gasteiger partial charge in [0, 0.05) is 24.6 Å². The highest BCUT2D eigenvalue weighted by molar-refractivity contribution is 5.21. The third kappa shape index (κ3) is 3.09. The smallest absolute Gasteiger partial charge is 0.108 e. The molecule has 1 saturated heterocycles. The molecule has 1 aromatic heterocycles. The molecule has 2 rings (SSSR count). The van der Waals surface area contributed by atoms with E-state index in [2.05, 4.69) is 12.3 Å². The first-order valence-electron chi connectivity index (χ1n) is 6.49. The predicted octanol–water partition coefficient (Wildman–Crippen LogP) is 2.31. The molecule has 4 nitrogen and oxygen atoms in total. The Labute approximate surface area is 102 Å². The quantitative estimate of drug-likeness (QED) is 0.589. The number of furan rings is 1. The number of nitrogens with one attached hydrogen (secondary N) is 1. The van der Waals surface area contributed by atoms with E-state index in [1.165, 1.54) is 18.4 Å². The van der Waals surface area contributed by atoms with E-state index in [1.807, 2.05) is 6.07 Å². The monoisotopic (exact) mass is 238 g/mol. The first-order chi connectivity index (χ1) is 8.35. The lowest BCUT2D eigenvalue weighted by molar-refractivity contribution is 0.0995. The summed E-state index contributed by atoms with van der Waals surface area (Å²) in [5, 5.41) is 0. The standard InChI is InChI=1S/C13H22N2O2/c1-2-13-11(7-9-17-13)12(15-14)6-5-10-4-3-8-16-10/h7,9-10,12,15H,2-6,8,14H2,1H3. The molecule has 1 aliphatic heterocycles. The highest BCUT2D eigenvalue weighted by Crippen LogP contribution is 2.26. The van der Waals surface area contributed by atoms with Gasteiger partial charge in [0.05, 0.1) is 12.4 Å². The molecule has 2 atom stereocenters. The zero-order chi connectivity index (χ0) is 12.1. The molecule has 0 saturated carbocycles. The number of aryl methyl sites for hydroxylation is 1. The van der Waals surface area contributed by atoms with Crippen LogP contribution in [-0.2, 0) is 11.2 Å². The predicted molar refractivity (Wildman–Crippen MR) is 66.4 cm³/mol. The molecule has 0 amide bonds. The molecule has 0 radical (unpaired) electrons. The van der Waals surface area contributed by atoms with Crippen LogP contribution in [0.3, 0.4) is 0 Å². The largest absolute Gasteiger partial charge is 0.469 e. The van der Waals surface area contributed by atoms with E-state index in [9.17, 15) is 0 Å². The molecule has 1 fully saturated rings. The van der Waals surface area contributed by atoms with Crippen molar-refractivity contribution in [2.75, 3.05) is 6.61 Å². The SMILES string of the molecule is CCc1occc1C(CCC1CCCO1)NN. The average Bonchev–Trinajstić information content (AvgIpc) is 3.00. The number of nitrogens with two attached hydrogens (primary N) is 1. The van der Waals surface area contributed by atoms with Crippen LogP contribution in [0.15, 0.2) is 16.7 Å². The summed E-state index contributed by atoms with van der Waals surface area (Å²) in [6.07, 6.45) is 7.49. The molecule has 3 N–H and O–H groups in total. The van der Waals surface area contributed by atoms with Crippen molar-refractivity contribution < 1.29 is 9.15 Å². The second-order valence-electron chi connectivity index (χ2n) is 4.58. The van der Waals surface area contributed by atoms with Crippen molar-refractivity contribution in [1.29, 1.82) is 0 Å². The van der Waals surface area contributed by atoms with Gasteiger partial charge in [-0.1, -0.05) is 6.92 Å². The zero-order valence-corrected chi connectivity index (χ0v) is 10.4. The molecule has 1 aromatic rings. The Bertz CT molecular complexity index is 332. The van der Waals surface area contributed by atoms with Crippen LogP contribution >= 0.6 is 0 Å². The summed E-state index contributed by atoms with van der Waals surface area (Å²) in [6.45, 7) is 3.01. The molecule has 2 unspecified atom stereocenters. The lowest BCUT2D eigenvalue weighted by Gasteiger charge is -2.17.